The average Bonchev–Trinajstić information content (AvgIpc) is 2.95. The number of aromatic nitrogens is 3. The van der Waals surface area contributed by atoms with Gasteiger partial charge in [-0.2, -0.15) is 0 Å². The Morgan fingerprint density at radius 3 is 2.67 bits per heavy atom. The number of rotatable bonds is 4. The van der Waals surface area contributed by atoms with Crippen molar-refractivity contribution in [2.75, 3.05) is 0 Å². The molecule has 2 aromatic carbocycles. The Labute approximate surface area is 136 Å². The molecule has 21 heavy (non-hydrogen) atoms. The van der Waals surface area contributed by atoms with Gasteiger partial charge in [-0.25, -0.2) is 0 Å². The zero-order valence-electron chi connectivity index (χ0n) is 11.5. The lowest BCUT2D eigenvalue weighted by Gasteiger charge is -2.09. The minimum atomic E-state index is 0.853. The Balaban J connectivity index is 1.84. The van der Waals surface area contributed by atoms with Gasteiger partial charge in [-0.15, -0.1) is 10.2 Å². The molecule has 0 N–H and O–H groups in total. The van der Waals surface area contributed by atoms with E-state index in [4.69, 9.17) is 0 Å². The molecule has 106 valence electrons. The number of hydrogen-bond donors (Lipinski definition) is 0. The molecule has 0 bridgehead atoms. The molecule has 0 radical (unpaired) electrons. The molecule has 0 atom stereocenters. The van der Waals surface area contributed by atoms with Crippen molar-refractivity contribution in [3.8, 4) is 5.69 Å². The van der Waals surface area contributed by atoms with Crippen LogP contribution in [0.4, 0.5) is 0 Å². The maximum absolute atomic E-state index is 4.24. The normalized spacial score (nSPS) is 10.8. The quantitative estimate of drug-likeness (QED) is 0.636. The van der Waals surface area contributed by atoms with Gasteiger partial charge in [0.1, 0.15) is 6.33 Å². The summed E-state index contributed by atoms with van der Waals surface area (Å²) >= 11 is 5.26. The molecule has 0 saturated carbocycles. The van der Waals surface area contributed by atoms with Crippen molar-refractivity contribution in [1.29, 1.82) is 0 Å². The van der Waals surface area contributed by atoms with Gasteiger partial charge >= 0.3 is 0 Å². The van der Waals surface area contributed by atoms with Crippen LogP contribution >= 0.6 is 27.7 Å². The van der Waals surface area contributed by atoms with Gasteiger partial charge < -0.3 is 0 Å². The summed E-state index contributed by atoms with van der Waals surface area (Å²) in [7, 11) is 0. The predicted molar refractivity (Wildman–Crippen MR) is 89.8 cm³/mol. The van der Waals surface area contributed by atoms with E-state index >= 15 is 0 Å². The van der Waals surface area contributed by atoms with Gasteiger partial charge in [0.15, 0.2) is 5.16 Å². The fraction of sp³-hybridized carbons (Fsp3) is 0.125. The van der Waals surface area contributed by atoms with E-state index in [-0.39, 0.29) is 0 Å². The number of aryl methyl sites for hydroxylation is 1. The maximum atomic E-state index is 4.24. The van der Waals surface area contributed by atoms with E-state index in [9.17, 15) is 0 Å². The highest BCUT2D eigenvalue weighted by atomic mass is 79.9. The summed E-state index contributed by atoms with van der Waals surface area (Å²) in [4.78, 5) is 0. The van der Waals surface area contributed by atoms with E-state index in [1.54, 1.807) is 18.1 Å². The zero-order chi connectivity index (χ0) is 14.7. The lowest BCUT2D eigenvalue weighted by Crippen LogP contribution is -1.97. The Morgan fingerprint density at radius 1 is 1.10 bits per heavy atom. The molecule has 0 aliphatic rings. The van der Waals surface area contributed by atoms with Crippen molar-refractivity contribution in [1.82, 2.24) is 14.8 Å². The van der Waals surface area contributed by atoms with Crippen molar-refractivity contribution in [2.24, 2.45) is 0 Å². The number of para-hydroxylation sites is 1. The maximum Gasteiger partial charge on any atom is 0.195 e. The van der Waals surface area contributed by atoms with Crippen LogP contribution in [-0.4, -0.2) is 14.8 Å². The third-order valence-electron chi connectivity index (χ3n) is 3.21. The first-order chi connectivity index (χ1) is 10.3. The standard InChI is InChI=1S/C16H14BrN3S/c1-12-6-2-5-9-15(12)20-11-18-19-16(20)21-10-13-7-3-4-8-14(13)17/h2-9,11H,10H2,1H3. The first-order valence-corrected chi connectivity index (χ1v) is 8.36. The molecule has 5 heteroatoms. The number of nitrogens with zero attached hydrogens (tertiary/aromatic N) is 3. The number of thioether (sulfide) groups is 1. The smallest absolute Gasteiger partial charge is 0.195 e. The minimum absolute atomic E-state index is 0.853. The molecule has 1 aromatic heterocycles. The van der Waals surface area contributed by atoms with E-state index in [2.05, 4.69) is 57.3 Å². The van der Waals surface area contributed by atoms with Crippen molar-refractivity contribution in [2.45, 2.75) is 17.8 Å². The van der Waals surface area contributed by atoms with E-state index in [0.717, 1.165) is 21.1 Å². The van der Waals surface area contributed by atoms with Crippen LogP contribution in [0.15, 0.2) is 64.5 Å². The molecule has 0 aliphatic heterocycles. The summed E-state index contributed by atoms with van der Waals surface area (Å²) < 4.78 is 3.16. The van der Waals surface area contributed by atoms with Crippen LogP contribution in [0.25, 0.3) is 5.69 Å². The molecule has 0 fully saturated rings. The Kier molecular flexibility index (Phi) is 4.41. The molecular formula is C16H14BrN3S. The highest BCUT2D eigenvalue weighted by molar-refractivity contribution is 9.10. The van der Waals surface area contributed by atoms with E-state index in [0.29, 0.717) is 0 Å². The SMILES string of the molecule is Cc1ccccc1-n1cnnc1SCc1ccccc1Br. The lowest BCUT2D eigenvalue weighted by atomic mass is 10.2. The summed E-state index contributed by atoms with van der Waals surface area (Å²) in [6, 6.07) is 16.5. The second-order valence-corrected chi connectivity index (χ2v) is 6.45. The van der Waals surface area contributed by atoms with Crippen LogP contribution in [0.5, 0.6) is 0 Å². The second-order valence-electron chi connectivity index (χ2n) is 4.65. The van der Waals surface area contributed by atoms with Gasteiger partial charge in [0.25, 0.3) is 0 Å². The summed E-state index contributed by atoms with van der Waals surface area (Å²) in [6.07, 6.45) is 1.77. The highest BCUT2D eigenvalue weighted by Gasteiger charge is 2.09. The molecule has 3 rings (SSSR count). The average molecular weight is 360 g/mol. The molecule has 0 unspecified atom stereocenters. The monoisotopic (exact) mass is 359 g/mol. The molecule has 0 amide bonds. The summed E-state index contributed by atoms with van der Waals surface area (Å²) in [5.74, 6) is 0.853. The topological polar surface area (TPSA) is 30.7 Å². The van der Waals surface area contributed by atoms with E-state index in [1.807, 2.05) is 28.8 Å². The van der Waals surface area contributed by atoms with Gasteiger partial charge in [0, 0.05) is 10.2 Å². The lowest BCUT2D eigenvalue weighted by molar-refractivity contribution is 0.878. The Bertz CT molecular complexity index is 755. The Morgan fingerprint density at radius 2 is 1.86 bits per heavy atom. The molecule has 0 saturated heterocycles. The van der Waals surface area contributed by atoms with Crippen molar-refractivity contribution in [3.63, 3.8) is 0 Å². The van der Waals surface area contributed by atoms with Crippen molar-refractivity contribution < 1.29 is 0 Å². The third-order valence-corrected chi connectivity index (χ3v) is 4.97. The first-order valence-electron chi connectivity index (χ1n) is 6.58. The van der Waals surface area contributed by atoms with Crippen molar-refractivity contribution in [3.05, 3.63) is 70.5 Å². The van der Waals surface area contributed by atoms with Crippen LogP contribution in [0, 0.1) is 6.92 Å². The summed E-state index contributed by atoms with van der Waals surface area (Å²) in [5.41, 5.74) is 3.58. The van der Waals surface area contributed by atoms with Gasteiger partial charge in [0.05, 0.1) is 5.69 Å². The van der Waals surface area contributed by atoms with Crippen LogP contribution in [-0.2, 0) is 5.75 Å². The second kappa shape index (κ2) is 6.45. The molecule has 0 aliphatic carbocycles. The van der Waals surface area contributed by atoms with E-state index < -0.39 is 0 Å². The molecular weight excluding hydrogens is 346 g/mol. The molecule has 1 heterocycles. The van der Waals surface area contributed by atoms with Crippen LogP contribution in [0.3, 0.4) is 0 Å². The molecule has 0 spiro atoms. The largest absolute Gasteiger partial charge is 0.276 e. The molecule has 3 aromatic rings. The number of benzene rings is 2. The molecule has 3 nitrogen and oxygen atoms in total. The van der Waals surface area contributed by atoms with Gasteiger partial charge in [-0.3, -0.25) is 4.57 Å². The Hall–Kier alpha value is -1.59. The van der Waals surface area contributed by atoms with Crippen LogP contribution < -0.4 is 0 Å². The first kappa shape index (κ1) is 14.4. The highest BCUT2D eigenvalue weighted by Crippen LogP contribution is 2.27. The third kappa shape index (κ3) is 3.19. The predicted octanol–water partition coefficient (Wildman–Crippen LogP) is 4.63. The van der Waals surface area contributed by atoms with Crippen LogP contribution in [0.1, 0.15) is 11.1 Å². The van der Waals surface area contributed by atoms with Gasteiger partial charge in [-0.05, 0) is 30.2 Å². The number of hydrogen-bond acceptors (Lipinski definition) is 3. The fourth-order valence-electron chi connectivity index (χ4n) is 2.08. The van der Waals surface area contributed by atoms with Gasteiger partial charge in [-0.1, -0.05) is 64.1 Å². The van der Waals surface area contributed by atoms with E-state index in [1.165, 1.54) is 11.1 Å². The van der Waals surface area contributed by atoms with Gasteiger partial charge in [0.2, 0.25) is 0 Å². The van der Waals surface area contributed by atoms with Crippen molar-refractivity contribution >= 4 is 27.7 Å². The minimum Gasteiger partial charge on any atom is -0.276 e. The number of halogens is 1. The summed E-state index contributed by atoms with van der Waals surface area (Å²) in [6.45, 7) is 2.09. The zero-order valence-corrected chi connectivity index (χ0v) is 13.9. The fourth-order valence-corrected chi connectivity index (χ4v) is 3.62. The summed E-state index contributed by atoms with van der Waals surface area (Å²) in [5, 5.41) is 9.20. The van der Waals surface area contributed by atoms with Crippen LogP contribution in [0.2, 0.25) is 0 Å².